The third-order valence-corrected chi connectivity index (χ3v) is 4.41. The van der Waals surface area contributed by atoms with Crippen LogP contribution in [0, 0.1) is 0 Å². The van der Waals surface area contributed by atoms with Gasteiger partial charge in [0.05, 0.1) is 11.7 Å². The Balaban J connectivity index is 1.61. The van der Waals surface area contributed by atoms with Crippen LogP contribution in [0.5, 0.6) is 0 Å². The minimum atomic E-state index is 0.666. The van der Waals surface area contributed by atoms with Crippen molar-refractivity contribution in [3.8, 4) is 0 Å². The molecule has 4 heteroatoms. The maximum absolute atomic E-state index is 4.78. The van der Waals surface area contributed by atoms with Gasteiger partial charge in [-0.15, -0.1) is 0 Å². The molecule has 0 bridgehead atoms. The number of rotatable bonds is 5. The molecule has 4 nitrogen and oxygen atoms in total. The first-order chi connectivity index (χ1) is 8.86. The number of nitrogens with zero attached hydrogens (tertiary/aromatic N) is 3. The fraction of sp³-hybridized carbons (Fsp3) is 0.786. The summed E-state index contributed by atoms with van der Waals surface area (Å²) in [6.45, 7) is 6.63. The summed E-state index contributed by atoms with van der Waals surface area (Å²) in [6.07, 6.45) is 7.54. The number of aromatic nitrogens is 2. The van der Waals surface area contributed by atoms with Crippen molar-refractivity contribution in [1.82, 2.24) is 20.0 Å². The van der Waals surface area contributed by atoms with Crippen molar-refractivity contribution in [3.63, 3.8) is 0 Å². The van der Waals surface area contributed by atoms with E-state index < -0.39 is 0 Å². The monoisotopic (exact) mass is 248 g/mol. The zero-order chi connectivity index (χ0) is 12.4. The molecule has 0 radical (unpaired) electrons. The van der Waals surface area contributed by atoms with E-state index in [2.05, 4.69) is 34.1 Å². The molecular weight excluding hydrogens is 224 g/mol. The fourth-order valence-electron chi connectivity index (χ4n) is 3.07. The van der Waals surface area contributed by atoms with Gasteiger partial charge in [-0.2, -0.15) is 5.10 Å². The van der Waals surface area contributed by atoms with Crippen LogP contribution in [0.15, 0.2) is 12.3 Å². The SMILES string of the molecule is CCN(Cc1ccn(C2CCCC2)n1)C1CNC1. The number of likely N-dealkylation sites (N-methyl/N-ethyl adjacent to an activating group) is 1. The third-order valence-electron chi connectivity index (χ3n) is 4.41. The van der Waals surface area contributed by atoms with Crippen molar-refractivity contribution in [2.75, 3.05) is 19.6 Å². The van der Waals surface area contributed by atoms with Crippen molar-refractivity contribution in [2.24, 2.45) is 0 Å². The molecule has 0 unspecified atom stereocenters. The van der Waals surface area contributed by atoms with E-state index in [4.69, 9.17) is 5.10 Å². The molecule has 1 aliphatic heterocycles. The summed E-state index contributed by atoms with van der Waals surface area (Å²) in [5, 5.41) is 8.12. The van der Waals surface area contributed by atoms with Gasteiger partial charge in [0.1, 0.15) is 0 Å². The van der Waals surface area contributed by atoms with Crippen LogP contribution < -0.4 is 5.32 Å². The lowest BCUT2D eigenvalue weighted by Gasteiger charge is -2.37. The van der Waals surface area contributed by atoms with Crippen LogP contribution in [-0.2, 0) is 6.54 Å². The largest absolute Gasteiger partial charge is 0.314 e. The minimum Gasteiger partial charge on any atom is -0.314 e. The molecule has 1 N–H and O–H groups in total. The highest BCUT2D eigenvalue weighted by molar-refractivity contribution is 5.01. The highest BCUT2D eigenvalue weighted by Gasteiger charge is 2.24. The lowest BCUT2D eigenvalue weighted by atomic mass is 10.1. The fourth-order valence-corrected chi connectivity index (χ4v) is 3.07. The van der Waals surface area contributed by atoms with Gasteiger partial charge < -0.3 is 5.32 Å². The van der Waals surface area contributed by atoms with Gasteiger partial charge in [-0.25, -0.2) is 0 Å². The highest BCUT2D eigenvalue weighted by atomic mass is 15.3. The van der Waals surface area contributed by atoms with E-state index in [0.717, 1.165) is 26.2 Å². The molecule has 1 aliphatic carbocycles. The second-order valence-electron chi connectivity index (χ2n) is 5.60. The van der Waals surface area contributed by atoms with Crippen LogP contribution >= 0.6 is 0 Å². The maximum Gasteiger partial charge on any atom is 0.0765 e. The van der Waals surface area contributed by atoms with E-state index in [-0.39, 0.29) is 0 Å². The quantitative estimate of drug-likeness (QED) is 0.862. The van der Waals surface area contributed by atoms with Crippen LogP contribution in [0.25, 0.3) is 0 Å². The van der Waals surface area contributed by atoms with E-state index in [1.165, 1.54) is 31.4 Å². The molecule has 1 aromatic heterocycles. The number of hydrogen-bond acceptors (Lipinski definition) is 3. The molecule has 18 heavy (non-hydrogen) atoms. The Morgan fingerprint density at radius 3 is 2.78 bits per heavy atom. The predicted octanol–water partition coefficient (Wildman–Crippen LogP) is 1.79. The van der Waals surface area contributed by atoms with Gasteiger partial charge in [-0.1, -0.05) is 19.8 Å². The molecule has 0 amide bonds. The molecule has 2 fully saturated rings. The molecule has 3 rings (SSSR count). The first-order valence-corrected chi connectivity index (χ1v) is 7.35. The normalized spacial score (nSPS) is 21.7. The Hall–Kier alpha value is -0.870. The summed E-state index contributed by atoms with van der Waals surface area (Å²) in [6, 6.07) is 3.58. The topological polar surface area (TPSA) is 33.1 Å². The summed E-state index contributed by atoms with van der Waals surface area (Å²) >= 11 is 0. The van der Waals surface area contributed by atoms with Crippen LogP contribution in [0.4, 0.5) is 0 Å². The van der Waals surface area contributed by atoms with Gasteiger partial charge in [0.2, 0.25) is 0 Å². The molecular formula is C14H24N4. The second-order valence-corrected chi connectivity index (χ2v) is 5.60. The summed E-state index contributed by atoms with van der Waals surface area (Å²) in [7, 11) is 0. The Bertz CT molecular complexity index is 377. The van der Waals surface area contributed by atoms with Gasteiger partial charge in [0, 0.05) is 31.9 Å². The minimum absolute atomic E-state index is 0.666. The summed E-state index contributed by atoms with van der Waals surface area (Å²) in [4.78, 5) is 2.53. The van der Waals surface area contributed by atoms with Crippen LogP contribution in [0.2, 0.25) is 0 Å². The Morgan fingerprint density at radius 2 is 2.17 bits per heavy atom. The van der Waals surface area contributed by atoms with Gasteiger partial charge in [0.15, 0.2) is 0 Å². The Morgan fingerprint density at radius 1 is 1.39 bits per heavy atom. The number of nitrogens with one attached hydrogen (secondary N) is 1. The standard InChI is InChI=1S/C14H24N4/c1-2-17(14-9-15-10-14)11-12-7-8-18(16-12)13-5-3-4-6-13/h7-8,13-15H,2-6,9-11H2,1H3. The smallest absolute Gasteiger partial charge is 0.0765 e. The van der Waals surface area contributed by atoms with Crippen LogP contribution in [-0.4, -0.2) is 40.4 Å². The summed E-state index contributed by atoms with van der Waals surface area (Å²) in [5.74, 6) is 0. The molecule has 0 spiro atoms. The molecule has 0 aromatic carbocycles. The first-order valence-electron chi connectivity index (χ1n) is 7.35. The predicted molar refractivity (Wildman–Crippen MR) is 72.5 cm³/mol. The molecule has 2 heterocycles. The lowest BCUT2D eigenvalue weighted by molar-refractivity contribution is 0.143. The summed E-state index contributed by atoms with van der Waals surface area (Å²) in [5.41, 5.74) is 1.23. The lowest BCUT2D eigenvalue weighted by Crippen LogP contribution is -2.56. The van der Waals surface area contributed by atoms with Gasteiger partial charge in [-0.05, 0) is 25.5 Å². The van der Waals surface area contributed by atoms with Gasteiger partial charge >= 0.3 is 0 Å². The average Bonchev–Trinajstić information content (AvgIpc) is 2.95. The van der Waals surface area contributed by atoms with E-state index in [1.54, 1.807) is 0 Å². The highest BCUT2D eigenvalue weighted by Crippen LogP contribution is 2.28. The Labute approximate surface area is 109 Å². The maximum atomic E-state index is 4.78. The Kier molecular flexibility index (Phi) is 3.66. The van der Waals surface area contributed by atoms with E-state index in [0.29, 0.717) is 12.1 Å². The molecule has 2 aliphatic rings. The molecule has 0 atom stereocenters. The van der Waals surface area contributed by atoms with E-state index >= 15 is 0 Å². The molecule has 1 aromatic rings. The average molecular weight is 248 g/mol. The van der Waals surface area contributed by atoms with E-state index in [9.17, 15) is 0 Å². The zero-order valence-corrected chi connectivity index (χ0v) is 11.3. The number of hydrogen-bond donors (Lipinski definition) is 1. The molecule has 1 saturated carbocycles. The van der Waals surface area contributed by atoms with Crippen molar-refractivity contribution in [3.05, 3.63) is 18.0 Å². The van der Waals surface area contributed by atoms with Crippen LogP contribution in [0.3, 0.4) is 0 Å². The first kappa shape index (κ1) is 12.2. The van der Waals surface area contributed by atoms with Crippen molar-refractivity contribution >= 4 is 0 Å². The summed E-state index contributed by atoms with van der Waals surface area (Å²) < 4.78 is 2.20. The van der Waals surface area contributed by atoms with Gasteiger partial charge in [-0.3, -0.25) is 9.58 Å². The third kappa shape index (κ3) is 2.45. The molecule has 1 saturated heterocycles. The van der Waals surface area contributed by atoms with Gasteiger partial charge in [0.25, 0.3) is 0 Å². The van der Waals surface area contributed by atoms with Crippen molar-refractivity contribution < 1.29 is 0 Å². The molecule has 100 valence electrons. The van der Waals surface area contributed by atoms with E-state index in [1.807, 2.05) is 0 Å². The van der Waals surface area contributed by atoms with Crippen molar-refractivity contribution in [1.29, 1.82) is 0 Å². The zero-order valence-electron chi connectivity index (χ0n) is 11.3. The van der Waals surface area contributed by atoms with Crippen molar-refractivity contribution in [2.45, 2.75) is 51.2 Å². The van der Waals surface area contributed by atoms with Crippen LogP contribution in [0.1, 0.15) is 44.3 Å². The second kappa shape index (κ2) is 5.41.